The Labute approximate surface area is 196 Å². The number of carbonyl (C=O) groups is 2. The van der Waals surface area contributed by atoms with Gasteiger partial charge in [-0.1, -0.05) is 12.8 Å². The minimum Gasteiger partial charge on any atom is -0.477 e. The predicted octanol–water partition coefficient (Wildman–Crippen LogP) is 3.24. The maximum atomic E-state index is 12.7. The van der Waals surface area contributed by atoms with Gasteiger partial charge in [0.25, 0.3) is 0 Å². The van der Waals surface area contributed by atoms with Crippen molar-refractivity contribution in [3.05, 3.63) is 36.3 Å². The van der Waals surface area contributed by atoms with E-state index in [-0.39, 0.29) is 23.7 Å². The van der Waals surface area contributed by atoms with Crippen molar-refractivity contribution in [1.29, 1.82) is 0 Å². The van der Waals surface area contributed by atoms with Crippen LogP contribution in [0.5, 0.6) is 0 Å². The number of fused-ring (bicyclic) bond motifs is 3. The van der Waals surface area contributed by atoms with Crippen molar-refractivity contribution in [2.24, 2.45) is 0 Å². The molecule has 0 spiro atoms. The molecule has 1 amide bonds. The molecule has 1 aliphatic carbocycles. The first-order valence-corrected chi connectivity index (χ1v) is 12.0. The zero-order valence-electron chi connectivity index (χ0n) is 18.8. The summed E-state index contributed by atoms with van der Waals surface area (Å²) in [7, 11) is 0. The maximum Gasteiger partial charge on any atom is 0.352 e. The highest BCUT2D eigenvalue weighted by molar-refractivity contribution is 5.94. The number of carbonyl (C=O) groups excluding carboxylic acids is 1. The summed E-state index contributed by atoms with van der Waals surface area (Å²) >= 11 is 0. The van der Waals surface area contributed by atoms with Crippen LogP contribution in [0.4, 0.5) is 17.5 Å². The van der Waals surface area contributed by atoms with E-state index in [1.165, 1.54) is 0 Å². The van der Waals surface area contributed by atoms with Gasteiger partial charge in [0.05, 0.1) is 11.9 Å². The Morgan fingerprint density at radius 1 is 1.09 bits per heavy atom. The lowest BCUT2D eigenvalue weighted by Gasteiger charge is -2.24. The molecule has 5 heterocycles. The van der Waals surface area contributed by atoms with E-state index in [1.807, 2.05) is 21.6 Å². The van der Waals surface area contributed by atoms with Crippen LogP contribution in [-0.2, 0) is 4.79 Å². The molecule has 34 heavy (non-hydrogen) atoms. The van der Waals surface area contributed by atoms with Crippen LogP contribution in [0.15, 0.2) is 30.6 Å². The fourth-order valence-corrected chi connectivity index (χ4v) is 5.60. The van der Waals surface area contributed by atoms with Gasteiger partial charge >= 0.3 is 5.97 Å². The average Bonchev–Trinajstić information content (AvgIpc) is 3.55. The van der Waals surface area contributed by atoms with Crippen LogP contribution in [-0.4, -0.2) is 55.1 Å². The van der Waals surface area contributed by atoms with Crippen LogP contribution in [0.3, 0.4) is 0 Å². The molecule has 2 atom stereocenters. The Hall–Kier alpha value is -3.53. The van der Waals surface area contributed by atoms with Crippen molar-refractivity contribution in [2.75, 3.05) is 16.8 Å². The van der Waals surface area contributed by atoms with Crippen LogP contribution in [0, 0.1) is 0 Å². The van der Waals surface area contributed by atoms with E-state index in [4.69, 9.17) is 0 Å². The maximum absolute atomic E-state index is 12.7. The molecule has 3 fully saturated rings. The Bertz CT molecular complexity index is 1250. The summed E-state index contributed by atoms with van der Waals surface area (Å²) in [6, 6.07) is 6.10. The quantitative estimate of drug-likeness (QED) is 0.529. The van der Waals surface area contributed by atoms with Crippen molar-refractivity contribution >= 4 is 40.4 Å². The third-order valence-corrected chi connectivity index (χ3v) is 7.24. The number of nitrogens with zero attached hydrogens (tertiary/aromatic N) is 5. The lowest BCUT2D eigenvalue weighted by Crippen LogP contribution is -2.37. The number of pyridine rings is 1. The van der Waals surface area contributed by atoms with Gasteiger partial charge in [-0.15, -0.1) is 0 Å². The number of hydrogen-bond donors (Lipinski definition) is 3. The van der Waals surface area contributed by atoms with E-state index in [1.54, 1.807) is 18.5 Å². The number of aromatic nitrogens is 4. The average molecular weight is 462 g/mol. The van der Waals surface area contributed by atoms with Gasteiger partial charge in [0.1, 0.15) is 17.2 Å². The van der Waals surface area contributed by atoms with Crippen molar-refractivity contribution < 1.29 is 14.7 Å². The highest BCUT2D eigenvalue weighted by atomic mass is 16.4. The van der Waals surface area contributed by atoms with Crippen LogP contribution < -0.4 is 15.5 Å². The molecule has 1 saturated carbocycles. The molecule has 2 saturated heterocycles. The standard InChI is InChI=1S/C24H27N7O3/c32-21-10-15-5-6-16(27-15)13-30(21)18-7-8-20(25-12-18)28-24-26-11-14-9-19(23(33)34)31(22(14)29-24)17-3-1-2-4-17/h7-9,11-12,15-17,27H,1-6,10,13H2,(H,33,34)(H,25,26,28,29)/t15-,16+/m0/s1. The first-order valence-electron chi connectivity index (χ1n) is 12.0. The summed E-state index contributed by atoms with van der Waals surface area (Å²) in [5, 5.41) is 17.1. The molecule has 3 aromatic heterocycles. The summed E-state index contributed by atoms with van der Waals surface area (Å²) in [4.78, 5) is 39.8. The van der Waals surface area contributed by atoms with Crippen LogP contribution >= 0.6 is 0 Å². The van der Waals surface area contributed by atoms with Gasteiger partial charge in [0.2, 0.25) is 11.9 Å². The molecule has 0 aromatic carbocycles. The Morgan fingerprint density at radius 3 is 2.68 bits per heavy atom. The summed E-state index contributed by atoms with van der Waals surface area (Å²) in [6.07, 6.45) is 10.1. The molecular formula is C24H27N7O3. The van der Waals surface area contributed by atoms with Gasteiger partial charge in [0.15, 0.2) is 0 Å². The number of carboxylic acids is 1. The second-order valence-electron chi connectivity index (χ2n) is 9.49. The summed E-state index contributed by atoms with van der Waals surface area (Å²) in [6.45, 7) is 0.660. The Kier molecular flexibility index (Phi) is 5.17. The van der Waals surface area contributed by atoms with E-state index in [0.29, 0.717) is 41.8 Å². The van der Waals surface area contributed by atoms with E-state index >= 15 is 0 Å². The van der Waals surface area contributed by atoms with E-state index in [0.717, 1.165) is 44.2 Å². The molecule has 10 nitrogen and oxygen atoms in total. The van der Waals surface area contributed by atoms with Gasteiger partial charge in [-0.2, -0.15) is 4.98 Å². The molecular weight excluding hydrogens is 434 g/mol. The predicted molar refractivity (Wildman–Crippen MR) is 126 cm³/mol. The van der Waals surface area contributed by atoms with Crippen molar-refractivity contribution in [1.82, 2.24) is 24.8 Å². The molecule has 0 radical (unpaired) electrons. The second kappa shape index (κ2) is 8.35. The first kappa shape index (κ1) is 21.0. The van der Waals surface area contributed by atoms with Crippen LogP contribution in [0.2, 0.25) is 0 Å². The molecule has 3 aromatic rings. The summed E-state index contributed by atoms with van der Waals surface area (Å²) in [5.74, 6) is 0.0814. The third kappa shape index (κ3) is 3.77. The molecule has 3 N–H and O–H groups in total. The van der Waals surface area contributed by atoms with Crippen molar-refractivity contribution in [2.45, 2.75) is 63.1 Å². The SMILES string of the molecule is O=C(O)c1cc2cnc(Nc3ccc(N4C[C@H]5CC[C@@H](CC4=O)N5)cn3)nc2n1C1CCCC1. The summed E-state index contributed by atoms with van der Waals surface area (Å²) < 4.78 is 1.85. The van der Waals surface area contributed by atoms with E-state index < -0.39 is 5.97 Å². The third-order valence-electron chi connectivity index (χ3n) is 7.24. The fourth-order valence-electron chi connectivity index (χ4n) is 5.60. The number of carboxylic acid groups (broad SMARTS) is 1. The highest BCUT2D eigenvalue weighted by Gasteiger charge is 2.34. The normalized spacial score (nSPS) is 22.9. The summed E-state index contributed by atoms with van der Waals surface area (Å²) in [5.41, 5.74) is 1.65. The number of amides is 1. The van der Waals surface area contributed by atoms with Crippen LogP contribution in [0.25, 0.3) is 11.0 Å². The monoisotopic (exact) mass is 461 g/mol. The van der Waals surface area contributed by atoms with Gasteiger partial charge in [0, 0.05) is 42.7 Å². The minimum atomic E-state index is -0.955. The second-order valence-corrected chi connectivity index (χ2v) is 9.49. The molecule has 176 valence electrons. The van der Waals surface area contributed by atoms with Gasteiger partial charge in [-0.05, 0) is 43.9 Å². The zero-order chi connectivity index (χ0) is 23.2. The molecule has 2 aliphatic heterocycles. The van der Waals surface area contributed by atoms with E-state index in [2.05, 4.69) is 25.6 Å². The molecule has 6 rings (SSSR count). The molecule has 2 bridgehead atoms. The molecule has 3 aliphatic rings. The minimum absolute atomic E-state index is 0.123. The van der Waals surface area contributed by atoms with Gasteiger partial charge in [-0.25, -0.2) is 14.8 Å². The number of rotatable bonds is 5. The fraction of sp³-hybridized carbons (Fsp3) is 0.458. The first-order chi connectivity index (χ1) is 16.5. The number of anilines is 3. The van der Waals surface area contributed by atoms with Gasteiger partial charge < -0.3 is 25.2 Å². The van der Waals surface area contributed by atoms with Gasteiger partial charge in [-0.3, -0.25) is 4.79 Å². The molecule has 0 unspecified atom stereocenters. The highest BCUT2D eigenvalue weighted by Crippen LogP contribution is 2.34. The lowest BCUT2D eigenvalue weighted by molar-refractivity contribution is -0.118. The topological polar surface area (TPSA) is 125 Å². The lowest BCUT2D eigenvalue weighted by atomic mass is 10.1. The van der Waals surface area contributed by atoms with E-state index in [9.17, 15) is 14.7 Å². The van der Waals surface area contributed by atoms with Crippen LogP contribution in [0.1, 0.15) is 61.5 Å². The Balaban J connectivity index is 1.25. The van der Waals surface area contributed by atoms with Crippen molar-refractivity contribution in [3.8, 4) is 0 Å². The number of nitrogens with one attached hydrogen (secondary N) is 2. The zero-order valence-corrected chi connectivity index (χ0v) is 18.8. The number of hydrogen-bond acceptors (Lipinski definition) is 7. The van der Waals surface area contributed by atoms with Crippen molar-refractivity contribution in [3.63, 3.8) is 0 Å². The molecule has 10 heteroatoms. The smallest absolute Gasteiger partial charge is 0.352 e. The number of aromatic carboxylic acids is 1. The Morgan fingerprint density at radius 2 is 1.91 bits per heavy atom. The largest absolute Gasteiger partial charge is 0.477 e.